The number of anilines is 1. The van der Waals surface area contributed by atoms with E-state index in [-0.39, 0.29) is 17.2 Å². The zero-order valence-electron chi connectivity index (χ0n) is 18.8. The van der Waals surface area contributed by atoms with Crippen LogP contribution in [0.4, 0.5) is 10.1 Å². The summed E-state index contributed by atoms with van der Waals surface area (Å²) in [6, 6.07) is 11.0. The number of halogens is 1. The maximum Gasteiger partial charge on any atom is 0.254 e. The summed E-state index contributed by atoms with van der Waals surface area (Å²) in [7, 11) is 0. The average Bonchev–Trinajstić information content (AvgIpc) is 3.18. The van der Waals surface area contributed by atoms with Crippen LogP contribution in [0.5, 0.6) is 0 Å². The van der Waals surface area contributed by atoms with Crippen molar-refractivity contribution in [2.75, 3.05) is 11.1 Å². The number of hydrogen-bond donors (Lipinski definition) is 2. The Morgan fingerprint density at radius 2 is 1.94 bits per heavy atom. The lowest BCUT2D eigenvalue weighted by molar-refractivity contribution is -0.113. The molecule has 2 N–H and O–H groups in total. The molecular formula is C24H26FN5O2S. The third-order valence-corrected chi connectivity index (χ3v) is 6.09. The van der Waals surface area contributed by atoms with Gasteiger partial charge in [0.2, 0.25) is 5.91 Å². The van der Waals surface area contributed by atoms with Gasteiger partial charge in [-0.05, 0) is 50.1 Å². The number of carbonyl (C=O) groups excluding carboxylic acids is 2. The normalized spacial score (nSPS) is 11.6. The van der Waals surface area contributed by atoms with Gasteiger partial charge in [-0.15, -0.1) is 16.8 Å². The zero-order valence-corrected chi connectivity index (χ0v) is 19.6. The van der Waals surface area contributed by atoms with Gasteiger partial charge in [0.05, 0.1) is 17.4 Å². The van der Waals surface area contributed by atoms with Crippen LogP contribution >= 0.6 is 11.8 Å². The van der Waals surface area contributed by atoms with Crippen molar-refractivity contribution >= 4 is 29.3 Å². The van der Waals surface area contributed by atoms with Gasteiger partial charge in [0, 0.05) is 12.2 Å². The summed E-state index contributed by atoms with van der Waals surface area (Å²) in [5.74, 6) is -0.684. The number of aryl methyl sites for hydroxylation is 1. The Labute approximate surface area is 196 Å². The molecule has 9 heteroatoms. The first-order valence-electron chi connectivity index (χ1n) is 10.4. The van der Waals surface area contributed by atoms with Crippen molar-refractivity contribution in [2.24, 2.45) is 0 Å². The van der Waals surface area contributed by atoms with E-state index in [0.717, 1.165) is 16.8 Å². The molecule has 0 fully saturated rings. The Balaban J connectivity index is 1.69. The molecule has 3 aromatic rings. The first-order valence-corrected chi connectivity index (χ1v) is 11.4. The van der Waals surface area contributed by atoms with Crippen LogP contribution in [0.3, 0.4) is 0 Å². The summed E-state index contributed by atoms with van der Waals surface area (Å²) < 4.78 is 15.7. The molecule has 0 saturated carbocycles. The molecule has 33 heavy (non-hydrogen) atoms. The Morgan fingerprint density at radius 1 is 1.18 bits per heavy atom. The summed E-state index contributed by atoms with van der Waals surface area (Å²) in [5, 5.41) is 14.6. The fraction of sp³-hybridized carbons (Fsp3) is 0.250. The van der Waals surface area contributed by atoms with E-state index in [0.29, 0.717) is 17.5 Å². The predicted octanol–water partition coefficient (Wildman–Crippen LogP) is 4.44. The number of allylic oxidation sites excluding steroid dienone is 1. The minimum Gasteiger partial charge on any atom is -0.342 e. The molecule has 0 aliphatic carbocycles. The van der Waals surface area contributed by atoms with E-state index in [4.69, 9.17) is 0 Å². The van der Waals surface area contributed by atoms with Crippen molar-refractivity contribution in [1.82, 2.24) is 20.1 Å². The molecule has 0 unspecified atom stereocenters. The number of thioether (sulfide) groups is 1. The molecule has 0 aliphatic rings. The molecule has 172 valence electrons. The second-order valence-corrected chi connectivity index (χ2v) is 8.44. The van der Waals surface area contributed by atoms with Crippen molar-refractivity contribution in [3.05, 3.63) is 83.5 Å². The average molecular weight is 468 g/mol. The molecule has 0 saturated heterocycles. The minimum atomic E-state index is -0.596. The van der Waals surface area contributed by atoms with Gasteiger partial charge in [0.15, 0.2) is 11.0 Å². The monoisotopic (exact) mass is 467 g/mol. The van der Waals surface area contributed by atoms with Crippen LogP contribution in [-0.2, 0) is 11.3 Å². The van der Waals surface area contributed by atoms with E-state index >= 15 is 0 Å². The van der Waals surface area contributed by atoms with Crippen LogP contribution in [0, 0.1) is 19.7 Å². The van der Waals surface area contributed by atoms with Gasteiger partial charge in [-0.2, -0.15) is 0 Å². The number of benzene rings is 2. The van der Waals surface area contributed by atoms with Crippen molar-refractivity contribution in [3.63, 3.8) is 0 Å². The van der Waals surface area contributed by atoms with Crippen molar-refractivity contribution in [3.8, 4) is 0 Å². The molecule has 1 heterocycles. The van der Waals surface area contributed by atoms with E-state index in [1.54, 1.807) is 23.6 Å². The quantitative estimate of drug-likeness (QED) is 0.359. The first-order chi connectivity index (χ1) is 15.8. The van der Waals surface area contributed by atoms with Crippen molar-refractivity contribution < 1.29 is 14.0 Å². The largest absolute Gasteiger partial charge is 0.342 e. The second kappa shape index (κ2) is 10.9. The van der Waals surface area contributed by atoms with E-state index < -0.39 is 17.8 Å². The number of amides is 2. The number of nitrogens with zero attached hydrogens (tertiary/aromatic N) is 3. The van der Waals surface area contributed by atoms with E-state index in [2.05, 4.69) is 27.4 Å². The molecule has 3 rings (SSSR count). The SMILES string of the molecule is C=CCn1c(SCC(=O)Nc2cccc(C)c2C)nnc1[C@@H](C)NC(=O)c1ccccc1F. The summed E-state index contributed by atoms with van der Waals surface area (Å²) >= 11 is 1.24. The van der Waals surface area contributed by atoms with E-state index in [1.807, 2.05) is 32.0 Å². The highest BCUT2D eigenvalue weighted by Crippen LogP contribution is 2.23. The second-order valence-electron chi connectivity index (χ2n) is 7.50. The minimum absolute atomic E-state index is 0.0446. The highest BCUT2D eigenvalue weighted by molar-refractivity contribution is 7.99. The summed E-state index contributed by atoms with van der Waals surface area (Å²) in [6.45, 7) is 9.85. The molecule has 0 bridgehead atoms. The third kappa shape index (κ3) is 5.87. The fourth-order valence-corrected chi connectivity index (χ4v) is 3.97. The predicted molar refractivity (Wildman–Crippen MR) is 128 cm³/mol. The van der Waals surface area contributed by atoms with Gasteiger partial charge in [-0.3, -0.25) is 9.59 Å². The maximum absolute atomic E-state index is 13.9. The number of rotatable bonds is 9. The molecule has 2 aromatic carbocycles. The summed E-state index contributed by atoms with van der Waals surface area (Å²) in [5.41, 5.74) is 2.85. The molecule has 0 radical (unpaired) electrons. The topological polar surface area (TPSA) is 88.9 Å². The van der Waals surface area contributed by atoms with Crippen molar-refractivity contribution in [1.29, 1.82) is 0 Å². The fourth-order valence-electron chi connectivity index (χ4n) is 3.22. The molecule has 0 spiro atoms. The van der Waals surface area contributed by atoms with Gasteiger partial charge >= 0.3 is 0 Å². The molecule has 1 atom stereocenters. The number of aromatic nitrogens is 3. The molecule has 7 nitrogen and oxygen atoms in total. The third-order valence-electron chi connectivity index (χ3n) is 5.12. The molecule has 0 aliphatic heterocycles. The van der Waals surface area contributed by atoms with E-state index in [9.17, 15) is 14.0 Å². The van der Waals surface area contributed by atoms with Crippen LogP contribution in [0.15, 0.2) is 60.3 Å². The van der Waals surface area contributed by atoms with E-state index in [1.165, 1.54) is 30.0 Å². The van der Waals surface area contributed by atoms with Gasteiger partial charge in [0.1, 0.15) is 5.82 Å². The van der Waals surface area contributed by atoms with Crippen LogP contribution in [0.25, 0.3) is 0 Å². The van der Waals surface area contributed by atoms with Gasteiger partial charge in [-0.1, -0.05) is 42.1 Å². The highest BCUT2D eigenvalue weighted by atomic mass is 32.2. The van der Waals surface area contributed by atoms with Gasteiger partial charge in [-0.25, -0.2) is 4.39 Å². The lowest BCUT2D eigenvalue weighted by Gasteiger charge is -2.15. The lowest BCUT2D eigenvalue weighted by Crippen LogP contribution is -2.29. The summed E-state index contributed by atoms with van der Waals surface area (Å²) in [4.78, 5) is 25.0. The Hall–Kier alpha value is -3.46. The van der Waals surface area contributed by atoms with Crippen LogP contribution in [0.2, 0.25) is 0 Å². The van der Waals surface area contributed by atoms with Gasteiger partial charge < -0.3 is 15.2 Å². The van der Waals surface area contributed by atoms with Crippen LogP contribution < -0.4 is 10.6 Å². The molecule has 1 aromatic heterocycles. The van der Waals surface area contributed by atoms with Gasteiger partial charge in [0.25, 0.3) is 5.91 Å². The Bertz CT molecular complexity index is 1180. The number of hydrogen-bond acceptors (Lipinski definition) is 5. The zero-order chi connectivity index (χ0) is 24.0. The standard InChI is InChI=1S/C24H26FN5O2S/c1-5-13-30-22(17(4)26-23(32)18-10-6-7-11-19(18)25)28-29-24(30)33-14-21(31)27-20-12-8-9-15(2)16(20)3/h5-12,17H,1,13-14H2,2-4H3,(H,26,32)(H,27,31)/t17-/m1/s1. The lowest BCUT2D eigenvalue weighted by atomic mass is 10.1. The number of carbonyl (C=O) groups is 2. The molecular weight excluding hydrogens is 441 g/mol. The first kappa shape index (κ1) is 24.2. The summed E-state index contributed by atoms with van der Waals surface area (Å²) in [6.07, 6.45) is 1.68. The highest BCUT2D eigenvalue weighted by Gasteiger charge is 2.21. The smallest absolute Gasteiger partial charge is 0.254 e. The Kier molecular flexibility index (Phi) is 8.00. The number of nitrogens with one attached hydrogen (secondary N) is 2. The Morgan fingerprint density at radius 3 is 2.67 bits per heavy atom. The van der Waals surface area contributed by atoms with Crippen LogP contribution in [0.1, 0.15) is 40.3 Å². The van der Waals surface area contributed by atoms with Crippen LogP contribution in [-0.4, -0.2) is 32.3 Å². The molecule has 2 amide bonds. The van der Waals surface area contributed by atoms with Crippen molar-refractivity contribution in [2.45, 2.75) is 38.5 Å². The maximum atomic E-state index is 13.9.